The molecule has 2 atom stereocenters. The van der Waals surface area contributed by atoms with Crippen molar-refractivity contribution in [1.82, 2.24) is 4.90 Å². The molecule has 1 aliphatic heterocycles. The Balaban J connectivity index is 1.91. The molecule has 1 saturated carbocycles. The van der Waals surface area contributed by atoms with Gasteiger partial charge >= 0.3 is 5.97 Å². The highest BCUT2D eigenvalue weighted by atomic mass is 16.5. The van der Waals surface area contributed by atoms with Crippen LogP contribution in [-0.4, -0.2) is 48.3 Å². The molecular weight excluding hydrogens is 266 g/mol. The molecule has 2 unspecified atom stereocenters. The minimum Gasteiger partial charge on any atom is -0.481 e. The van der Waals surface area contributed by atoms with E-state index in [0.29, 0.717) is 24.7 Å². The SMILES string of the molecule is CCC(C)(C)C1CCC(N(C)C2COCC2C(=O)O)CC1. The van der Waals surface area contributed by atoms with E-state index in [-0.39, 0.29) is 12.0 Å². The highest BCUT2D eigenvalue weighted by Gasteiger charge is 2.40. The second-order valence-electron chi connectivity index (χ2n) is 7.56. The van der Waals surface area contributed by atoms with Crippen LogP contribution in [-0.2, 0) is 9.53 Å². The number of ether oxygens (including phenoxy) is 1. The fourth-order valence-corrected chi connectivity index (χ4v) is 4.00. The molecule has 2 aliphatic rings. The molecule has 1 heterocycles. The fourth-order valence-electron chi connectivity index (χ4n) is 4.00. The summed E-state index contributed by atoms with van der Waals surface area (Å²) in [5.41, 5.74) is 0.434. The van der Waals surface area contributed by atoms with Crippen molar-refractivity contribution >= 4 is 5.97 Å². The van der Waals surface area contributed by atoms with Gasteiger partial charge in [-0.1, -0.05) is 27.2 Å². The molecule has 0 aromatic heterocycles. The second kappa shape index (κ2) is 6.66. The van der Waals surface area contributed by atoms with Gasteiger partial charge in [-0.25, -0.2) is 0 Å². The van der Waals surface area contributed by atoms with Crippen LogP contribution in [0, 0.1) is 17.3 Å². The number of carbonyl (C=O) groups is 1. The number of carboxylic acid groups (broad SMARTS) is 1. The van der Waals surface area contributed by atoms with Crippen molar-refractivity contribution in [2.45, 2.75) is 65.0 Å². The molecule has 1 saturated heterocycles. The number of carboxylic acids is 1. The summed E-state index contributed by atoms with van der Waals surface area (Å²) in [5, 5.41) is 9.30. The first-order valence-electron chi connectivity index (χ1n) is 8.39. The van der Waals surface area contributed by atoms with Gasteiger partial charge in [-0.05, 0) is 44.1 Å². The van der Waals surface area contributed by atoms with Crippen LogP contribution in [0.5, 0.6) is 0 Å². The lowest BCUT2D eigenvalue weighted by molar-refractivity contribution is -0.143. The number of aliphatic carboxylic acids is 1. The van der Waals surface area contributed by atoms with E-state index in [4.69, 9.17) is 4.74 Å². The summed E-state index contributed by atoms with van der Waals surface area (Å²) in [6.45, 7) is 7.97. The Morgan fingerprint density at radius 1 is 1.24 bits per heavy atom. The fraction of sp³-hybridized carbons (Fsp3) is 0.941. The first-order valence-corrected chi connectivity index (χ1v) is 8.39. The van der Waals surface area contributed by atoms with E-state index in [1.165, 1.54) is 32.1 Å². The van der Waals surface area contributed by atoms with E-state index in [2.05, 4.69) is 32.7 Å². The molecular formula is C17H31NO3. The Morgan fingerprint density at radius 3 is 2.38 bits per heavy atom. The number of rotatable bonds is 5. The average molecular weight is 297 g/mol. The van der Waals surface area contributed by atoms with Crippen molar-refractivity contribution in [3.63, 3.8) is 0 Å². The van der Waals surface area contributed by atoms with E-state index >= 15 is 0 Å². The average Bonchev–Trinajstić information content (AvgIpc) is 2.96. The third-order valence-electron chi connectivity index (χ3n) is 6.18. The maximum Gasteiger partial charge on any atom is 0.310 e. The van der Waals surface area contributed by atoms with Crippen molar-refractivity contribution < 1.29 is 14.6 Å². The third kappa shape index (κ3) is 3.59. The number of hydrogen-bond acceptors (Lipinski definition) is 3. The molecule has 2 rings (SSSR count). The largest absolute Gasteiger partial charge is 0.481 e. The summed E-state index contributed by atoms with van der Waals surface area (Å²) < 4.78 is 5.41. The van der Waals surface area contributed by atoms with Crippen LogP contribution in [0.2, 0.25) is 0 Å². The number of likely N-dealkylation sites (N-methyl/N-ethyl adjacent to an activating group) is 1. The van der Waals surface area contributed by atoms with Crippen LogP contribution < -0.4 is 0 Å². The van der Waals surface area contributed by atoms with Crippen molar-refractivity contribution in [2.75, 3.05) is 20.3 Å². The third-order valence-corrected chi connectivity index (χ3v) is 6.18. The molecule has 0 aromatic rings. The Labute approximate surface area is 128 Å². The Kier molecular flexibility index (Phi) is 5.31. The minimum absolute atomic E-state index is 0.0447. The van der Waals surface area contributed by atoms with E-state index in [1.54, 1.807) is 0 Å². The van der Waals surface area contributed by atoms with Crippen molar-refractivity contribution in [3.8, 4) is 0 Å². The predicted octanol–water partition coefficient (Wildman–Crippen LogP) is 3.01. The molecule has 4 heteroatoms. The van der Waals surface area contributed by atoms with Gasteiger partial charge in [0.2, 0.25) is 0 Å². The zero-order valence-electron chi connectivity index (χ0n) is 14.0. The summed E-state index contributed by atoms with van der Waals surface area (Å²) in [6, 6.07) is 0.561. The molecule has 1 aliphatic carbocycles. The molecule has 0 aromatic carbocycles. The molecule has 0 spiro atoms. The maximum atomic E-state index is 11.3. The van der Waals surface area contributed by atoms with Gasteiger partial charge in [0.15, 0.2) is 0 Å². The Morgan fingerprint density at radius 2 is 1.86 bits per heavy atom. The first-order chi connectivity index (χ1) is 9.86. The summed E-state index contributed by atoms with van der Waals surface area (Å²) in [7, 11) is 2.09. The van der Waals surface area contributed by atoms with E-state index in [0.717, 1.165) is 5.92 Å². The van der Waals surface area contributed by atoms with E-state index in [9.17, 15) is 9.90 Å². The zero-order valence-corrected chi connectivity index (χ0v) is 14.0. The standard InChI is InChI=1S/C17H31NO3/c1-5-17(2,3)12-6-8-13(9-7-12)18(4)15-11-21-10-14(15)16(19)20/h12-15H,5-11H2,1-4H3,(H,19,20). The Hall–Kier alpha value is -0.610. The molecule has 2 fully saturated rings. The molecule has 0 bridgehead atoms. The highest BCUT2D eigenvalue weighted by Crippen LogP contribution is 2.41. The van der Waals surface area contributed by atoms with Gasteiger partial charge in [0.25, 0.3) is 0 Å². The van der Waals surface area contributed by atoms with Crippen LogP contribution in [0.1, 0.15) is 52.9 Å². The quantitative estimate of drug-likeness (QED) is 0.847. The number of hydrogen-bond donors (Lipinski definition) is 1. The molecule has 0 amide bonds. The van der Waals surface area contributed by atoms with Crippen LogP contribution in [0.3, 0.4) is 0 Å². The smallest absolute Gasteiger partial charge is 0.310 e. The summed E-state index contributed by atoms with van der Waals surface area (Å²) in [4.78, 5) is 13.6. The number of nitrogens with zero attached hydrogens (tertiary/aromatic N) is 1. The first kappa shape index (κ1) is 16.8. The molecule has 0 radical (unpaired) electrons. The van der Waals surface area contributed by atoms with Gasteiger partial charge in [-0.15, -0.1) is 0 Å². The van der Waals surface area contributed by atoms with Crippen LogP contribution in [0.25, 0.3) is 0 Å². The summed E-state index contributed by atoms with van der Waals surface area (Å²) in [5.74, 6) is -0.271. The highest BCUT2D eigenvalue weighted by molar-refractivity contribution is 5.71. The summed E-state index contributed by atoms with van der Waals surface area (Å²) >= 11 is 0. The topological polar surface area (TPSA) is 49.8 Å². The molecule has 21 heavy (non-hydrogen) atoms. The lowest BCUT2D eigenvalue weighted by atomic mass is 9.68. The van der Waals surface area contributed by atoms with E-state index < -0.39 is 5.97 Å². The van der Waals surface area contributed by atoms with Gasteiger partial charge in [0.1, 0.15) is 0 Å². The van der Waals surface area contributed by atoms with Gasteiger partial charge in [0, 0.05) is 12.1 Å². The maximum absolute atomic E-state index is 11.3. The Bertz CT molecular complexity index is 361. The second-order valence-corrected chi connectivity index (χ2v) is 7.56. The molecule has 4 nitrogen and oxygen atoms in total. The zero-order chi connectivity index (χ0) is 15.6. The van der Waals surface area contributed by atoms with Crippen molar-refractivity contribution in [1.29, 1.82) is 0 Å². The predicted molar refractivity (Wildman–Crippen MR) is 83.3 cm³/mol. The summed E-state index contributed by atoms with van der Waals surface area (Å²) in [6.07, 6.45) is 6.14. The monoisotopic (exact) mass is 297 g/mol. The van der Waals surface area contributed by atoms with Crippen LogP contribution >= 0.6 is 0 Å². The van der Waals surface area contributed by atoms with E-state index in [1.807, 2.05) is 0 Å². The van der Waals surface area contributed by atoms with Crippen LogP contribution in [0.4, 0.5) is 0 Å². The molecule has 122 valence electrons. The van der Waals surface area contributed by atoms with Gasteiger partial charge in [-0.3, -0.25) is 9.69 Å². The van der Waals surface area contributed by atoms with Gasteiger partial charge in [0.05, 0.1) is 19.1 Å². The molecule has 1 N–H and O–H groups in total. The van der Waals surface area contributed by atoms with Gasteiger partial charge < -0.3 is 9.84 Å². The normalized spacial score (nSPS) is 34.3. The minimum atomic E-state index is -0.717. The lowest BCUT2D eigenvalue weighted by Crippen LogP contribution is -2.48. The van der Waals surface area contributed by atoms with Crippen molar-refractivity contribution in [3.05, 3.63) is 0 Å². The van der Waals surface area contributed by atoms with Crippen molar-refractivity contribution in [2.24, 2.45) is 17.3 Å². The van der Waals surface area contributed by atoms with Crippen LogP contribution in [0.15, 0.2) is 0 Å². The van der Waals surface area contributed by atoms with Gasteiger partial charge in [-0.2, -0.15) is 0 Å². The lowest BCUT2D eigenvalue weighted by Gasteiger charge is -2.43.